The fourth-order valence-electron chi connectivity index (χ4n) is 2.68. The Hall–Kier alpha value is -3.15. The highest BCUT2D eigenvalue weighted by Crippen LogP contribution is 2.35. The standard InChI is InChI=1S/C17H14N2O4/c1-10-11(9-20)3-5-14(17(10)19(21)22)16-8-12-7-13(23-2)4-6-15(12)18-16/h3-9,18H,1-2H3. The molecule has 0 amide bonds. The van der Waals surface area contributed by atoms with E-state index in [-0.39, 0.29) is 5.69 Å². The average molecular weight is 310 g/mol. The Morgan fingerprint density at radius 1 is 1.22 bits per heavy atom. The lowest BCUT2D eigenvalue weighted by Crippen LogP contribution is -1.99. The summed E-state index contributed by atoms with van der Waals surface area (Å²) >= 11 is 0. The number of methoxy groups -OCH3 is 1. The number of fused-ring (bicyclic) bond motifs is 1. The zero-order valence-electron chi connectivity index (χ0n) is 12.6. The van der Waals surface area contributed by atoms with Gasteiger partial charge in [0.25, 0.3) is 5.69 Å². The number of nitrogens with zero attached hydrogens (tertiary/aromatic N) is 1. The fraction of sp³-hybridized carbons (Fsp3) is 0.118. The first-order valence-electron chi connectivity index (χ1n) is 6.95. The smallest absolute Gasteiger partial charge is 0.282 e. The Labute approximate surface area is 131 Å². The molecule has 1 aromatic heterocycles. The SMILES string of the molecule is COc1ccc2[nH]c(-c3ccc(C=O)c(C)c3[N+](=O)[O-])cc2c1. The van der Waals surface area contributed by atoms with Gasteiger partial charge in [0, 0.05) is 22.0 Å². The van der Waals surface area contributed by atoms with Crippen molar-refractivity contribution in [1.82, 2.24) is 4.98 Å². The summed E-state index contributed by atoms with van der Waals surface area (Å²) in [7, 11) is 1.58. The van der Waals surface area contributed by atoms with E-state index in [0.717, 1.165) is 10.9 Å². The largest absolute Gasteiger partial charge is 0.497 e. The fourth-order valence-corrected chi connectivity index (χ4v) is 2.68. The molecule has 0 saturated heterocycles. The van der Waals surface area contributed by atoms with Crippen LogP contribution in [0.3, 0.4) is 0 Å². The molecule has 0 saturated carbocycles. The van der Waals surface area contributed by atoms with Crippen LogP contribution < -0.4 is 4.74 Å². The molecule has 0 unspecified atom stereocenters. The van der Waals surface area contributed by atoms with Gasteiger partial charge in [-0.1, -0.05) is 6.07 Å². The first-order valence-corrected chi connectivity index (χ1v) is 6.95. The Kier molecular flexibility index (Phi) is 3.57. The number of aldehydes is 1. The lowest BCUT2D eigenvalue weighted by atomic mass is 10.0. The number of carbonyl (C=O) groups excluding carboxylic acids is 1. The minimum atomic E-state index is -0.455. The van der Waals surface area contributed by atoms with Crippen LogP contribution in [0.1, 0.15) is 15.9 Å². The van der Waals surface area contributed by atoms with E-state index in [1.807, 2.05) is 24.3 Å². The topological polar surface area (TPSA) is 85.2 Å². The molecule has 23 heavy (non-hydrogen) atoms. The maximum atomic E-state index is 11.5. The number of nitrogens with one attached hydrogen (secondary N) is 1. The normalized spacial score (nSPS) is 10.7. The maximum absolute atomic E-state index is 11.5. The van der Waals surface area contributed by atoms with E-state index < -0.39 is 4.92 Å². The highest BCUT2D eigenvalue weighted by Gasteiger charge is 2.22. The summed E-state index contributed by atoms with van der Waals surface area (Å²) in [5, 5.41) is 12.3. The number of hydrogen-bond donors (Lipinski definition) is 1. The molecular formula is C17H14N2O4. The zero-order chi connectivity index (χ0) is 16.6. The lowest BCUT2D eigenvalue weighted by molar-refractivity contribution is -0.384. The number of benzene rings is 2. The van der Waals surface area contributed by atoms with Crippen molar-refractivity contribution in [3.8, 4) is 17.0 Å². The van der Waals surface area contributed by atoms with E-state index in [1.165, 1.54) is 0 Å². The van der Waals surface area contributed by atoms with E-state index in [9.17, 15) is 14.9 Å². The lowest BCUT2D eigenvalue weighted by Gasteiger charge is -2.05. The van der Waals surface area contributed by atoms with Crippen molar-refractivity contribution in [2.45, 2.75) is 6.92 Å². The van der Waals surface area contributed by atoms with Gasteiger partial charge in [0.2, 0.25) is 0 Å². The monoisotopic (exact) mass is 310 g/mol. The van der Waals surface area contributed by atoms with Crippen molar-refractivity contribution in [3.63, 3.8) is 0 Å². The molecule has 1 heterocycles. The van der Waals surface area contributed by atoms with Gasteiger partial charge in [-0.3, -0.25) is 14.9 Å². The van der Waals surface area contributed by atoms with Gasteiger partial charge in [0.1, 0.15) is 5.75 Å². The Morgan fingerprint density at radius 3 is 2.65 bits per heavy atom. The molecule has 6 nitrogen and oxygen atoms in total. The zero-order valence-corrected chi connectivity index (χ0v) is 12.6. The molecule has 3 aromatic rings. The van der Waals surface area contributed by atoms with Gasteiger partial charge in [-0.2, -0.15) is 0 Å². The predicted octanol–water partition coefficient (Wildman–Crippen LogP) is 3.87. The van der Waals surface area contributed by atoms with E-state index in [2.05, 4.69) is 4.98 Å². The van der Waals surface area contributed by atoms with Crippen LogP contribution in [0.2, 0.25) is 0 Å². The van der Waals surface area contributed by atoms with Crippen molar-refractivity contribution in [2.24, 2.45) is 0 Å². The number of aromatic amines is 1. The molecule has 0 fully saturated rings. The van der Waals surface area contributed by atoms with E-state index in [0.29, 0.717) is 34.4 Å². The quantitative estimate of drug-likeness (QED) is 0.450. The molecule has 0 aliphatic heterocycles. The molecule has 0 aliphatic carbocycles. The van der Waals surface area contributed by atoms with E-state index in [4.69, 9.17) is 4.74 Å². The van der Waals surface area contributed by atoms with Crippen LogP contribution in [0, 0.1) is 17.0 Å². The van der Waals surface area contributed by atoms with Gasteiger partial charge in [0.15, 0.2) is 6.29 Å². The second-order valence-electron chi connectivity index (χ2n) is 5.19. The summed E-state index contributed by atoms with van der Waals surface area (Å²) in [4.78, 5) is 25.2. The van der Waals surface area contributed by atoms with Crippen LogP contribution in [0.4, 0.5) is 5.69 Å². The second-order valence-corrected chi connectivity index (χ2v) is 5.19. The Morgan fingerprint density at radius 2 is 2.00 bits per heavy atom. The Balaban J connectivity index is 2.24. The first kappa shape index (κ1) is 14.8. The minimum absolute atomic E-state index is 0.0619. The number of H-pyrrole nitrogens is 1. The third-order valence-corrected chi connectivity index (χ3v) is 3.90. The third kappa shape index (κ3) is 2.44. The number of nitro groups is 1. The van der Waals surface area contributed by atoms with Crippen molar-refractivity contribution < 1.29 is 14.5 Å². The number of rotatable bonds is 4. The summed E-state index contributed by atoms with van der Waals surface area (Å²) in [6.07, 6.45) is 0.627. The van der Waals surface area contributed by atoms with Crippen LogP contribution in [-0.4, -0.2) is 23.3 Å². The summed E-state index contributed by atoms with van der Waals surface area (Å²) in [5.74, 6) is 0.713. The predicted molar refractivity (Wildman–Crippen MR) is 87.1 cm³/mol. The molecule has 0 spiro atoms. The molecule has 3 rings (SSSR count). The number of ether oxygens (including phenoxy) is 1. The summed E-state index contributed by atoms with van der Waals surface area (Å²) < 4.78 is 5.19. The van der Waals surface area contributed by atoms with Crippen molar-refractivity contribution in [2.75, 3.05) is 7.11 Å². The van der Waals surface area contributed by atoms with Gasteiger partial charge in [-0.05, 0) is 37.3 Å². The second kappa shape index (κ2) is 5.57. The molecule has 0 aliphatic rings. The molecule has 0 bridgehead atoms. The summed E-state index contributed by atoms with van der Waals surface area (Å²) in [6, 6.07) is 10.6. The molecule has 0 radical (unpaired) electrons. The molecule has 1 N–H and O–H groups in total. The molecule has 116 valence electrons. The molecule has 2 aromatic carbocycles. The van der Waals surface area contributed by atoms with E-state index >= 15 is 0 Å². The van der Waals surface area contributed by atoms with Gasteiger partial charge < -0.3 is 9.72 Å². The highest BCUT2D eigenvalue weighted by atomic mass is 16.6. The van der Waals surface area contributed by atoms with Gasteiger partial charge in [0.05, 0.1) is 23.3 Å². The van der Waals surface area contributed by atoms with Gasteiger partial charge in [-0.25, -0.2) is 0 Å². The highest BCUT2D eigenvalue weighted by molar-refractivity contribution is 5.91. The molecular weight excluding hydrogens is 296 g/mol. The van der Waals surface area contributed by atoms with Crippen molar-refractivity contribution >= 4 is 22.9 Å². The van der Waals surface area contributed by atoms with Crippen LogP contribution in [-0.2, 0) is 0 Å². The summed E-state index contributed by atoms with van der Waals surface area (Å²) in [5.41, 5.74) is 2.55. The minimum Gasteiger partial charge on any atom is -0.497 e. The summed E-state index contributed by atoms with van der Waals surface area (Å²) in [6.45, 7) is 1.58. The number of aromatic nitrogens is 1. The van der Waals surface area contributed by atoms with Crippen molar-refractivity contribution in [3.05, 3.63) is 57.6 Å². The van der Waals surface area contributed by atoms with Crippen LogP contribution >= 0.6 is 0 Å². The average Bonchev–Trinajstić information content (AvgIpc) is 2.96. The first-order chi connectivity index (χ1) is 11.0. The number of carbonyl (C=O) groups is 1. The van der Waals surface area contributed by atoms with Crippen LogP contribution in [0.25, 0.3) is 22.2 Å². The van der Waals surface area contributed by atoms with Crippen LogP contribution in [0.15, 0.2) is 36.4 Å². The van der Waals surface area contributed by atoms with E-state index in [1.54, 1.807) is 26.2 Å². The maximum Gasteiger partial charge on any atom is 0.282 e. The Bertz CT molecular complexity index is 928. The van der Waals surface area contributed by atoms with Crippen LogP contribution in [0.5, 0.6) is 5.75 Å². The van der Waals surface area contributed by atoms with Gasteiger partial charge in [-0.15, -0.1) is 0 Å². The third-order valence-electron chi connectivity index (χ3n) is 3.90. The van der Waals surface area contributed by atoms with Crippen molar-refractivity contribution in [1.29, 1.82) is 0 Å². The number of nitro benzene ring substituents is 1. The van der Waals surface area contributed by atoms with Gasteiger partial charge >= 0.3 is 0 Å². The molecule has 0 atom stereocenters. The molecule has 6 heteroatoms. The number of hydrogen-bond acceptors (Lipinski definition) is 4.